The topological polar surface area (TPSA) is 53.6 Å². The van der Waals surface area contributed by atoms with Crippen LogP contribution in [0.2, 0.25) is 0 Å². The van der Waals surface area contributed by atoms with Crippen LogP contribution in [0.5, 0.6) is 0 Å². The maximum Gasteiger partial charge on any atom is 0.157 e. The quantitative estimate of drug-likeness (QED) is 0.684. The molecule has 0 amide bonds. The summed E-state index contributed by atoms with van der Waals surface area (Å²) in [6.45, 7) is 3.17. The molecule has 0 spiro atoms. The summed E-state index contributed by atoms with van der Waals surface area (Å²) in [6, 6.07) is 14.1. The summed E-state index contributed by atoms with van der Waals surface area (Å²) >= 11 is 0. The average Bonchev–Trinajstić information content (AvgIpc) is 2.94. The first-order valence-electron chi connectivity index (χ1n) is 7.01. The molecule has 0 unspecified atom stereocenters. The summed E-state index contributed by atoms with van der Waals surface area (Å²) in [5, 5.41) is 9.33. The molecule has 1 aromatic carbocycles. The molecule has 5 heteroatoms. The molecule has 0 atom stereocenters. The van der Waals surface area contributed by atoms with Gasteiger partial charge in [-0.1, -0.05) is 12.1 Å². The molecule has 3 aromatic rings. The lowest BCUT2D eigenvalue weighted by molar-refractivity contribution is 0.122. The summed E-state index contributed by atoms with van der Waals surface area (Å²) in [4.78, 5) is 6.91. The minimum atomic E-state index is 0.600. The van der Waals surface area contributed by atoms with Crippen molar-refractivity contribution >= 4 is 22.5 Å². The smallest absolute Gasteiger partial charge is 0.157 e. The molecule has 1 aliphatic heterocycles. The number of pyridine rings is 1. The minimum absolute atomic E-state index is 0.600. The number of hydrogen-bond donors (Lipinski definition) is 0. The van der Waals surface area contributed by atoms with Gasteiger partial charge in [0.25, 0.3) is 0 Å². The largest absolute Gasteiger partial charge is 0.378 e. The SMILES string of the molecule is N#Cc1ccc(N2CCOCC2)n2c1nc1ccccc12. The fourth-order valence-electron chi connectivity index (χ4n) is 2.87. The lowest BCUT2D eigenvalue weighted by atomic mass is 10.2. The molecule has 104 valence electrons. The van der Waals surface area contributed by atoms with Crippen LogP contribution in [-0.4, -0.2) is 35.7 Å². The van der Waals surface area contributed by atoms with Gasteiger partial charge in [-0.15, -0.1) is 0 Å². The van der Waals surface area contributed by atoms with E-state index in [9.17, 15) is 5.26 Å². The summed E-state index contributed by atoms with van der Waals surface area (Å²) in [7, 11) is 0. The van der Waals surface area contributed by atoms with E-state index in [4.69, 9.17) is 4.74 Å². The zero-order valence-corrected chi connectivity index (χ0v) is 11.5. The van der Waals surface area contributed by atoms with Crippen LogP contribution in [0.15, 0.2) is 36.4 Å². The Labute approximate surface area is 122 Å². The van der Waals surface area contributed by atoms with Crippen molar-refractivity contribution in [3.63, 3.8) is 0 Å². The highest BCUT2D eigenvalue weighted by Gasteiger charge is 2.18. The van der Waals surface area contributed by atoms with Crippen molar-refractivity contribution < 1.29 is 4.74 Å². The van der Waals surface area contributed by atoms with Gasteiger partial charge in [-0.05, 0) is 24.3 Å². The number of fused-ring (bicyclic) bond motifs is 3. The number of ether oxygens (including phenoxy) is 1. The van der Waals surface area contributed by atoms with Crippen molar-refractivity contribution in [1.29, 1.82) is 5.26 Å². The second-order valence-electron chi connectivity index (χ2n) is 5.08. The number of rotatable bonds is 1. The Bertz CT molecular complexity index is 856. The Kier molecular flexibility index (Phi) is 2.76. The van der Waals surface area contributed by atoms with E-state index in [1.54, 1.807) is 0 Å². The number of morpholine rings is 1. The zero-order valence-electron chi connectivity index (χ0n) is 11.5. The van der Waals surface area contributed by atoms with Crippen LogP contribution in [0.1, 0.15) is 5.56 Å². The molecule has 4 rings (SSSR count). The van der Waals surface area contributed by atoms with Crippen LogP contribution in [0.4, 0.5) is 5.82 Å². The molecule has 0 N–H and O–H groups in total. The maximum atomic E-state index is 9.33. The van der Waals surface area contributed by atoms with Gasteiger partial charge in [-0.2, -0.15) is 5.26 Å². The lowest BCUT2D eigenvalue weighted by Gasteiger charge is -2.29. The van der Waals surface area contributed by atoms with Crippen LogP contribution in [0.25, 0.3) is 16.7 Å². The minimum Gasteiger partial charge on any atom is -0.378 e. The maximum absolute atomic E-state index is 9.33. The van der Waals surface area contributed by atoms with Crippen molar-refractivity contribution in [2.24, 2.45) is 0 Å². The van der Waals surface area contributed by atoms with Gasteiger partial charge in [0.1, 0.15) is 11.9 Å². The summed E-state index contributed by atoms with van der Waals surface area (Å²) in [5.41, 5.74) is 3.27. The molecule has 21 heavy (non-hydrogen) atoms. The van der Waals surface area contributed by atoms with Crippen LogP contribution in [-0.2, 0) is 4.74 Å². The number of imidazole rings is 1. The van der Waals surface area contributed by atoms with Crippen molar-refractivity contribution in [3.05, 3.63) is 42.0 Å². The highest BCUT2D eigenvalue weighted by Crippen LogP contribution is 2.26. The van der Waals surface area contributed by atoms with E-state index >= 15 is 0 Å². The van der Waals surface area contributed by atoms with Gasteiger partial charge in [0, 0.05) is 13.1 Å². The molecule has 0 aliphatic carbocycles. The molecular formula is C16H14N4O. The normalized spacial score (nSPS) is 15.5. The summed E-state index contributed by atoms with van der Waals surface area (Å²) in [5.74, 6) is 1.07. The third-order valence-electron chi connectivity index (χ3n) is 3.89. The summed E-state index contributed by atoms with van der Waals surface area (Å²) < 4.78 is 7.51. The van der Waals surface area contributed by atoms with Crippen molar-refractivity contribution in [1.82, 2.24) is 9.38 Å². The number of hydrogen-bond acceptors (Lipinski definition) is 4. The van der Waals surface area contributed by atoms with Gasteiger partial charge in [0.05, 0.1) is 29.8 Å². The predicted molar refractivity (Wildman–Crippen MR) is 80.4 cm³/mol. The molecule has 3 heterocycles. The Morgan fingerprint density at radius 1 is 1.10 bits per heavy atom. The number of aromatic nitrogens is 2. The highest BCUT2D eigenvalue weighted by atomic mass is 16.5. The second kappa shape index (κ2) is 4.76. The molecule has 0 saturated carbocycles. The monoisotopic (exact) mass is 278 g/mol. The lowest BCUT2D eigenvalue weighted by Crippen LogP contribution is -2.37. The summed E-state index contributed by atoms with van der Waals surface area (Å²) in [6.07, 6.45) is 0. The number of nitrogens with zero attached hydrogens (tertiary/aromatic N) is 4. The van der Waals surface area contributed by atoms with Crippen LogP contribution in [0.3, 0.4) is 0 Å². The first-order valence-corrected chi connectivity index (χ1v) is 7.01. The van der Waals surface area contributed by atoms with E-state index in [0.717, 1.165) is 48.8 Å². The second-order valence-corrected chi connectivity index (χ2v) is 5.08. The van der Waals surface area contributed by atoms with Crippen molar-refractivity contribution in [2.75, 3.05) is 31.2 Å². The van der Waals surface area contributed by atoms with Gasteiger partial charge in [0.2, 0.25) is 0 Å². The van der Waals surface area contributed by atoms with Gasteiger partial charge in [0.15, 0.2) is 5.65 Å². The number of nitriles is 1. The van der Waals surface area contributed by atoms with Crippen molar-refractivity contribution in [2.45, 2.75) is 0 Å². The van der Waals surface area contributed by atoms with E-state index < -0.39 is 0 Å². The van der Waals surface area contributed by atoms with Crippen LogP contribution in [0, 0.1) is 11.3 Å². The average molecular weight is 278 g/mol. The molecule has 5 nitrogen and oxygen atoms in total. The first kappa shape index (κ1) is 12.2. The van der Waals surface area contributed by atoms with E-state index in [1.165, 1.54) is 0 Å². The Balaban J connectivity index is 2.04. The third-order valence-corrected chi connectivity index (χ3v) is 3.89. The molecule has 0 radical (unpaired) electrons. The standard InChI is InChI=1S/C16H14N4O/c17-11-12-5-6-15(19-7-9-21-10-8-19)20-14-4-2-1-3-13(14)18-16(12)20/h1-6H,7-10H2. The van der Waals surface area contributed by atoms with Crippen LogP contribution >= 0.6 is 0 Å². The predicted octanol–water partition coefficient (Wildman–Crippen LogP) is 2.20. The molecule has 2 aromatic heterocycles. The number of para-hydroxylation sites is 2. The van der Waals surface area contributed by atoms with Crippen molar-refractivity contribution in [3.8, 4) is 6.07 Å². The number of benzene rings is 1. The first-order chi connectivity index (χ1) is 10.4. The van der Waals surface area contributed by atoms with Gasteiger partial charge >= 0.3 is 0 Å². The van der Waals surface area contributed by atoms with E-state index in [-0.39, 0.29) is 0 Å². The Hall–Kier alpha value is -2.58. The fourth-order valence-corrected chi connectivity index (χ4v) is 2.87. The van der Waals surface area contributed by atoms with E-state index in [1.807, 2.05) is 36.4 Å². The molecule has 1 saturated heterocycles. The molecule has 0 bridgehead atoms. The van der Waals surface area contributed by atoms with E-state index in [0.29, 0.717) is 5.56 Å². The third kappa shape index (κ3) is 1.84. The molecule has 1 aliphatic rings. The Morgan fingerprint density at radius 2 is 1.90 bits per heavy atom. The van der Waals surface area contributed by atoms with Gasteiger partial charge in [-0.25, -0.2) is 4.98 Å². The Morgan fingerprint density at radius 3 is 2.71 bits per heavy atom. The zero-order chi connectivity index (χ0) is 14.2. The fraction of sp³-hybridized carbons (Fsp3) is 0.250. The number of anilines is 1. The molecule has 1 fully saturated rings. The van der Waals surface area contributed by atoms with Gasteiger partial charge < -0.3 is 9.64 Å². The highest BCUT2D eigenvalue weighted by molar-refractivity contribution is 5.84. The van der Waals surface area contributed by atoms with E-state index in [2.05, 4.69) is 20.4 Å². The molecular weight excluding hydrogens is 264 g/mol. The van der Waals surface area contributed by atoms with Crippen LogP contribution < -0.4 is 4.90 Å². The van der Waals surface area contributed by atoms with Gasteiger partial charge in [-0.3, -0.25) is 4.40 Å².